The van der Waals surface area contributed by atoms with Crippen molar-refractivity contribution in [1.82, 2.24) is 4.98 Å². The normalized spacial score (nSPS) is 12.6. The van der Waals surface area contributed by atoms with Crippen molar-refractivity contribution in [1.29, 1.82) is 0 Å². The standard InChI is InChI=1S/C24H23N3O4/c1-30-20-12-18(13-21(14-20)31-2)23(28)26-19-7-8-22-16(11-19)6-4-10-27(22)24(29)17-5-3-9-25-15-17/h3,5,7-9,11-15H,4,6,10H2,1-2H3,(H,26,28). The van der Waals surface area contributed by atoms with Crippen molar-refractivity contribution in [2.24, 2.45) is 0 Å². The number of pyridine rings is 1. The number of hydrogen-bond acceptors (Lipinski definition) is 5. The summed E-state index contributed by atoms with van der Waals surface area (Å²) in [5.41, 5.74) is 3.54. The molecule has 2 aromatic carbocycles. The second-order valence-corrected chi connectivity index (χ2v) is 7.20. The number of nitrogens with zero attached hydrogens (tertiary/aromatic N) is 2. The Labute approximate surface area is 180 Å². The maximum absolute atomic E-state index is 12.9. The van der Waals surface area contributed by atoms with Crippen molar-refractivity contribution in [2.45, 2.75) is 12.8 Å². The molecule has 0 saturated heterocycles. The van der Waals surface area contributed by atoms with E-state index in [0.717, 1.165) is 24.1 Å². The summed E-state index contributed by atoms with van der Waals surface area (Å²) in [7, 11) is 3.08. The number of carbonyl (C=O) groups excluding carboxylic acids is 2. The fourth-order valence-electron chi connectivity index (χ4n) is 3.67. The van der Waals surface area contributed by atoms with E-state index in [-0.39, 0.29) is 11.8 Å². The zero-order chi connectivity index (χ0) is 21.8. The van der Waals surface area contributed by atoms with E-state index in [4.69, 9.17) is 9.47 Å². The first-order valence-corrected chi connectivity index (χ1v) is 9.98. The van der Waals surface area contributed by atoms with Crippen LogP contribution in [0.2, 0.25) is 0 Å². The van der Waals surface area contributed by atoms with Crippen LogP contribution >= 0.6 is 0 Å². The Balaban J connectivity index is 1.56. The lowest BCUT2D eigenvalue weighted by Crippen LogP contribution is -2.35. The van der Waals surface area contributed by atoms with Crippen molar-refractivity contribution < 1.29 is 19.1 Å². The molecule has 7 heteroatoms. The van der Waals surface area contributed by atoms with Crippen LogP contribution in [0, 0.1) is 0 Å². The molecule has 0 unspecified atom stereocenters. The van der Waals surface area contributed by atoms with Crippen LogP contribution in [0.5, 0.6) is 11.5 Å². The number of carbonyl (C=O) groups is 2. The van der Waals surface area contributed by atoms with Crippen LogP contribution in [-0.4, -0.2) is 37.6 Å². The second-order valence-electron chi connectivity index (χ2n) is 7.20. The molecule has 2 heterocycles. The zero-order valence-electron chi connectivity index (χ0n) is 17.4. The van der Waals surface area contributed by atoms with Crippen molar-refractivity contribution in [3.63, 3.8) is 0 Å². The van der Waals surface area contributed by atoms with Gasteiger partial charge in [0.15, 0.2) is 0 Å². The van der Waals surface area contributed by atoms with Crippen LogP contribution in [0.15, 0.2) is 60.9 Å². The van der Waals surface area contributed by atoms with Gasteiger partial charge in [-0.2, -0.15) is 0 Å². The fourth-order valence-corrected chi connectivity index (χ4v) is 3.67. The second kappa shape index (κ2) is 8.87. The van der Waals surface area contributed by atoms with Crippen molar-refractivity contribution in [3.05, 3.63) is 77.6 Å². The molecule has 0 saturated carbocycles. The van der Waals surface area contributed by atoms with Crippen LogP contribution in [0.1, 0.15) is 32.7 Å². The van der Waals surface area contributed by atoms with Crippen LogP contribution in [0.4, 0.5) is 11.4 Å². The number of amides is 2. The smallest absolute Gasteiger partial charge is 0.259 e. The first-order valence-electron chi connectivity index (χ1n) is 9.98. The van der Waals surface area contributed by atoms with E-state index < -0.39 is 0 Å². The topological polar surface area (TPSA) is 80.8 Å². The molecular weight excluding hydrogens is 394 g/mol. The summed E-state index contributed by atoms with van der Waals surface area (Å²) in [6.07, 6.45) is 4.91. The Hall–Kier alpha value is -3.87. The average molecular weight is 417 g/mol. The third kappa shape index (κ3) is 4.35. The molecule has 0 fully saturated rings. The molecule has 0 radical (unpaired) electrons. The van der Waals surface area contributed by atoms with Gasteiger partial charge in [-0.05, 0) is 60.9 Å². The van der Waals surface area contributed by atoms with Crippen molar-refractivity contribution in [3.8, 4) is 11.5 Å². The van der Waals surface area contributed by atoms with Gasteiger partial charge in [-0.1, -0.05) is 0 Å². The quantitative estimate of drug-likeness (QED) is 0.680. The highest BCUT2D eigenvalue weighted by Gasteiger charge is 2.24. The number of aryl methyl sites for hydroxylation is 1. The van der Waals surface area contributed by atoms with Gasteiger partial charge in [0.05, 0.1) is 19.8 Å². The first kappa shape index (κ1) is 20.4. The van der Waals surface area contributed by atoms with E-state index in [1.54, 1.807) is 61.8 Å². The predicted molar refractivity (Wildman–Crippen MR) is 118 cm³/mol. The van der Waals surface area contributed by atoms with E-state index in [1.807, 2.05) is 18.2 Å². The molecule has 1 N–H and O–H groups in total. The number of aromatic nitrogens is 1. The number of nitrogens with one attached hydrogen (secondary N) is 1. The van der Waals surface area contributed by atoms with Gasteiger partial charge in [0.25, 0.3) is 11.8 Å². The molecule has 1 aromatic heterocycles. The molecule has 0 atom stereocenters. The number of ether oxygens (including phenoxy) is 2. The molecule has 0 bridgehead atoms. The third-order valence-corrected chi connectivity index (χ3v) is 5.22. The minimum absolute atomic E-state index is 0.0747. The number of fused-ring (bicyclic) bond motifs is 1. The Morgan fingerprint density at radius 3 is 2.45 bits per heavy atom. The number of benzene rings is 2. The number of hydrogen-bond donors (Lipinski definition) is 1. The lowest BCUT2D eigenvalue weighted by molar-refractivity contribution is 0.0983. The molecule has 0 aliphatic carbocycles. The van der Waals surface area contributed by atoms with Gasteiger partial charge in [0.2, 0.25) is 0 Å². The maximum Gasteiger partial charge on any atom is 0.259 e. The molecule has 158 valence electrons. The van der Waals surface area contributed by atoms with E-state index >= 15 is 0 Å². The van der Waals surface area contributed by atoms with E-state index in [2.05, 4.69) is 10.3 Å². The number of rotatable bonds is 5. The molecule has 1 aliphatic heterocycles. The van der Waals surface area contributed by atoms with Gasteiger partial charge < -0.3 is 19.7 Å². The maximum atomic E-state index is 12.9. The van der Waals surface area contributed by atoms with Crippen LogP contribution < -0.4 is 19.7 Å². The molecule has 0 spiro atoms. The molecule has 7 nitrogen and oxygen atoms in total. The lowest BCUT2D eigenvalue weighted by atomic mass is 10.00. The molecule has 1 aliphatic rings. The van der Waals surface area contributed by atoms with Crippen molar-refractivity contribution >= 4 is 23.2 Å². The van der Waals surface area contributed by atoms with Crippen LogP contribution in [-0.2, 0) is 6.42 Å². The van der Waals surface area contributed by atoms with Gasteiger partial charge in [0.1, 0.15) is 11.5 Å². The van der Waals surface area contributed by atoms with Gasteiger partial charge in [-0.25, -0.2) is 0 Å². The van der Waals surface area contributed by atoms with Gasteiger partial charge in [0, 0.05) is 41.9 Å². The zero-order valence-corrected chi connectivity index (χ0v) is 17.4. The SMILES string of the molecule is COc1cc(OC)cc(C(=O)Nc2ccc3c(c2)CCCN3C(=O)c2cccnc2)c1. The van der Waals surface area contributed by atoms with Crippen LogP contribution in [0.3, 0.4) is 0 Å². The largest absolute Gasteiger partial charge is 0.497 e. The molecule has 3 aromatic rings. The Bertz CT molecular complexity index is 1090. The molecule has 31 heavy (non-hydrogen) atoms. The van der Waals surface area contributed by atoms with Crippen molar-refractivity contribution in [2.75, 3.05) is 31.0 Å². The fraction of sp³-hybridized carbons (Fsp3) is 0.208. The van der Waals surface area contributed by atoms with E-state index in [1.165, 1.54) is 0 Å². The van der Waals surface area contributed by atoms with E-state index in [9.17, 15) is 9.59 Å². The number of anilines is 2. The summed E-state index contributed by atoms with van der Waals surface area (Å²) in [6, 6.07) is 14.2. The summed E-state index contributed by atoms with van der Waals surface area (Å²) in [5, 5.41) is 2.92. The molecular formula is C24H23N3O4. The highest BCUT2D eigenvalue weighted by atomic mass is 16.5. The monoisotopic (exact) mass is 417 g/mol. The summed E-state index contributed by atoms with van der Waals surface area (Å²) in [4.78, 5) is 31.5. The number of methoxy groups -OCH3 is 2. The minimum Gasteiger partial charge on any atom is -0.497 e. The lowest BCUT2D eigenvalue weighted by Gasteiger charge is -2.30. The average Bonchev–Trinajstić information content (AvgIpc) is 2.83. The summed E-state index contributed by atoms with van der Waals surface area (Å²) in [5.74, 6) is 0.740. The van der Waals surface area contributed by atoms with Crippen LogP contribution in [0.25, 0.3) is 0 Å². The van der Waals surface area contributed by atoms with Gasteiger partial charge in [-0.15, -0.1) is 0 Å². The highest BCUT2D eigenvalue weighted by Crippen LogP contribution is 2.31. The minimum atomic E-state index is -0.267. The molecule has 4 rings (SSSR count). The highest BCUT2D eigenvalue weighted by molar-refractivity contribution is 6.07. The van der Waals surface area contributed by atoms with E-state index in [0.29, 0.717) is 34.9 Å². The Morgan fingerprint density at radius 1 is 1.00 bits per heavy atom. The Kier molecular flexibility index (Phi) is 5.84. The Morgan fingerprint density at radius 2 is 1.77 bits per heavy atom. The van der Waals surface area contributed by atoms with Gasteiger partial charge >= 0.3 is 0 Å². The summed E-state index contributed by atoms with van der Waals surface area (Å²) < 4.78 is 10.5. The third-order valence-electron chi connectivity index (χ3n) is 5.22. The van der Waals surface area contributed by atoms with Gasteiger partial charge in [-0.3, -0.25) is 14.6 Å². The predicted octanol–water partition coefficient (Wildman–Crippen LogP) is 3.94. The molecule has 2 amide bonds. The summed E-state index contributed by atoms with van der Waals surface area (Å²) >= 11 is 0. The summed E-state index contributed by atoms with van der Waals surface area (Å²) in [6.45, 7) is 0.649. The first-order chi connectivity index (χ1) is 15.1.